The average molecular weight is 316 g/mol. The van der Waals surface area contributed by atoms with Crippen molar-refractivity contribution in [1.29, 1.82) is 0 Å². The largest absolute Gasteiger partial charge is 0.250 e. The van der Waals surface area contributed by atoms with Gasteiger partial charge in [-0.15, -0.1) is 11.3 Å². The minimum Gasteiger partial charge on any atom is -0.229 e. The lowest BCUT2D eigenvalue weighted by atomic mass is 10.3. The summed E-state index contributed by atoms with van der Waals surface area (Å²) in [6, 6.07) is 2.36. The molecule has 0 bridgehead atoms. The zero-order valence-electron chi connectivity index (χ0n) is 8.59. The Morgan fingerprint density at radius 3 is 2.59 bits per heavy atom. The van der Waals surface area contributed by atoms with Gasteiger partial charge in [-0.1, -0.05) is 11.6 Å². The van der Waals surface area contributed by atoms with E-state index < -0.39 is 25.9 Å². The Morgan fingerprint density at radius 1 is 1.41 bits per heavy atom. The van der Waals surface area contributed by atoms with E-state index in [9.17, 15) is 16.8 Å². The number of rotatable bonds is 3. The lowest BCUT2D eigenvalue weighted by Crippen LogP contribution is -2.35. The Hall–Kier alpha value is -0.150. The number of hydrogen-bond acceptors (Lipinski definition) is 5. The van der Waals surface area contributed by atoms with E-state index in [1.807, 2.05) is 0 Å². The van der Waals surface area contributed by atoms with Gasteiger partial charge in [-0.2, -0.15) is 0 Å². The van der Waals surface area contributed by atoms with Crippen LogP contribution in [-0.4, -0.2) is 34.4 Å². The number of thiophene rings is 1. The van der Waals surface area contributed by atoms with Crippen molar-refractivity contribution in [2.75, 3.05) is 11.5 Å². The van der Waals surface area contributed by atoms with Crippen LogP contribution in [0.4, 0.5) is 0 Å². The van der Waals surface area contributed by atoms with E-state index in [1.165, 1.54) is 12.1 Å². The fraction of sp³-hybridized carbons (Fsp3) is 0.500. The van der Waals surface area contributed by atoms with Crippen molar-refractivity contribution in [1.82, 2.24) is 4.72 Å². The maximum atomic E-state index is 11.9. The Balaban J connectivity index is 2.14. The molecule has 1 aromatic rings. The van der Waals surface area contributed by atoms with Gasteiger partial charge in [0.2, 0.25) is 10.0 Å². The van der Waals surface area contributed by atoms with Crippen LogP contribution in [0.15, 0.2) is 16.3 Å². The summed E-state index contributed by atoms with van der Waals surface area (Å²) in [6.45, 7) is 0. The summed E-state index contributed by atoms with van der Waals surface area (Å²) in [7, 11) is -6.75. The van der Waals surface area contributed by atoms with Crippen molar-refractivity contribution in [3.8, 4) is 0 Å². The molecule has 1 saturated heterocycles. The fourth-order valence-electron chi connectivity index (χ4n) is 1.61. The van der Waals surface area contributed by atoms with Gasteiger partial charge in [-0.3, -0.25) is 0 Å². The predicted molar refractivity (Wildman–Crippen MR) is 66.7 cm³/mol. The normalized spacial score (nSPS) is 23.9. The molecule has 0 radical (unpaired) electrons. The van der Waals surface area contributed by atoms with Crippen LogP contribution in [0.1, 0.15) is 6.42 Å². The number of hydrogen-bond donors (Lipinski definition) is 1. The van der Waals surface area contributed by atoms with Gasteiger partial charge in [0.05, 0.1) is 15.8 Å². The van der Waals surface area contributed by atoms with Crippen LogP contribution in [-0.2, 0) is 19.9 Å². The molecule has 0 spiro atoms. The monoisotopic (exact) mass is 315 g/mol. The van der Waals surface area contributed by atoms with Gasteiger partial charge in [0.25, 0.3) is 0 Å². The second-order valence-electron chi connectivity index (χ2n) is 3.78. The van der Waals surface area contributed by atoms with Gasteiger partial charge >= 0.3 is 0 Å². The molecule has 0 amide bonds. The standard InChI is InChI=1S/C8H10ClNO4S3/c9-7-1-2-8(15-7)17(13,14)10-6-3-4-16(11,12)5-6/h1-2,6,10H,3-5H2. The molecule has 1 fully saturated rings. The third kappa shape index (κ3) is 3.19. The van der Waals surface area contributed by atoms with Crippen LogP contribution >= 0.6 is 22.9 Å². The van der Waals surface area contributed by atoms with E-state index in [4.69, 9.17) is 11.6 Å². The summed E-state index contributed by atoms with van der Waals surface area (Å²) in [5.41, 5.74) is 0. The van der Waals surface area contributed by atoms with Gasteiger partial charge in [0, 0.05) is 6.04 Å². The molecular weight excluding hydrogens is 306 g/mol. The first kappa shape index (κ1) is 13.3. The molecule has 96 valence electrons. The third-order valence-corrected chi connectivity index (χ3v) is 7.38. The molecule has 0 aromatic carbocycles. The van der Waals surface area contributed by atoms with Crippen molar-refractivity contribution in [2.24, 2.45) is 0 Å². The lowest BCUT2D eigenvalue weighted by Gasteiger charge is -2.09. The molecule has 1 atom stereocenters. The Bertz CT molecular complexity index is 619. The van der Waals surface area contributed by atoms with E-state index >= 15 is 0 Å². The van der Waals surface area contributed by atoms with Crippen LogP contribution < -0.4 is 4.72 Å². The Labute approximate surface area is 109 Å². The molecule has 1 N–H and O–H groups in total. The zero-order chi connectivity index (χ0) is 12.7. The number of halogens is 1. The second kappa shape index (κ2) is 4.51. The molecule has 1 aliphatic rings. The molecule has 5 nitrogen and oxygen atoms in total. The maximum absolute atomic E-state index is 11.9. The van der Waals surface area contributed by atoms with E-state index in [0.29, 0.717) is 10.8 Å². The summed E-state index contributed by atoms with van der Waals surface area (Å²) in [5, 5.41) is 0. The summed E-state index contributed by atoms with van der Waals surface area (Å²) in [5.74, 6) is -0.100. The smallest absolute Gasteiger partial charge is 0.229 e. The number of nitrogens with one attached hydrogen (secondary N) is 1. The quantitative estimate of drug-likeness (QED) is 0.897. The summed E-state index contributed by atoms with van der Waals surface area (Å²) in [4.78, 5) is 0. The first-order valence-electron chi connectivity index (χ1n) is 4.77. The predicted octanol–water partition coefficient (Wildman–Crippen LogP) is 0.867. The molecule has 2 rings (SSSR count). The van der Waals surface area contributed by atoms with Crippen molar-refractivity contribution in [3.05, 3.63) is 16.5 Å². The van der Waals surface area contributed by atoms with Crippen LogP contribution in [0.3, 0.4) is 0 Å². The van der Waals surface area contributed by atoms with Crippen LogP contribution in [0.25, 0.3) is 0 Å². The van der Waals surface area contributed by atoms with Crippen LogP contribution in [0.2, 0.25) is 4.34 Å². The van der Waals surface area contributed by atoms with E-state index in [-0.39, 0.29) is 15.7 Å². The summed E-state index contributed by atoms with van der Waals surface area (Å²) < 4.78 is 49.0. The first-order valence-corrected chi connectivity index (χ1v) is 9.26. The van der Waals surface area contributed by atoms with E-state index in [1.54, 1.807) is 0 Å². The van der Waals surface area contributed by atoms with Gasteiger partial charge in [-0.25, -0.2) is 21.6 Å². The minimum atomic E-state index is -3.65. The van der Waals surface area contributed by atoms with Gasteiger partial charge in [-0.05, 0) is 18.6 Å². The highest BCUT2D eigenvalue weighted by atomic mass is 35.5. The lowest BCUT2D eigenvalue weighted by molar-refractivity contribution is 0.564. The van der Waals surface area contributed by atoms with Crippen LogP contribution in [0.5, 0.6) is 0 Å². The highest BCUT2D eigenvalue weighted by Crippen LogP contribution is 2.26. The highest BCUT2D eigenvalue weighted by molar-refractivity contribution is 7.92. The van der Waals surface area contributed by atoms with E-state index in [2.05, 4.69) is 4.72 Å². The second-order valence-corrected chi connectivity index (χ2v) is 9.66. The van der Waals surface area contributed by atoms with Crippen molar-refractivity contribution in [3.63, 3.8) is 0 Å². The fourth-order valence-corrected chi connectivity index (χ4v) is 6.16. The Morgan fingerprint density at radius 2 is 2.12 bits per heavy atom. The average Bonchev–Trinajstić information content (AvgIpc) is 2.72. The molecule has 9 heteroatoms. The highest BCUT2D eigenvalue weighted by Gasteiger charge is 2.31. The first-order chi connectivity index (χ1) is 7.78. The summed E-state index contributed by atoms with van der Waals surface area (Å²) >= 11 is 6.60. The number of sulfone groups is 1. The van der Waals surface area contributed by atoms with Crippen molar-refractivity contribution in [2.45, 2.75) is 16.7 Å². The molecule has 17 heavy (non-hydrogen) atoms. The van der Waals surface area contributed by atoms with Crippen LogP contribution in [0, 0.1) is 0 Å². The third-order valence-electron chi connectivity index (χ3n) is 2.37. The Kier molecular flexibility index (Phi) is 3.52. The zero-order valence-corrected chi connectivity index (χ0v) is 11.8. The summed E-state index contributed by atoms with van der Waals surface area (Å²) in [6.07, 6.45) is 0.320. The minimum absolute atomic E-state index is 0.0331. The van der Waals surface area contributed by atoms with Crippen molar-refractivity contribution < 1.29 is 16.8 Å². The van der Waals surface area contributed by atoms with E-state index in [0.717, 1.165) is 11.3 Å². The molecule has 0 saturated carbocycles. The molecular formula is C8H10ClNO4S3. The molecule has 1 unspecified atom stereocenters. The molecule has 0 aliphatic carbocycles. The molecule has 1 aliphatic heterocycles. The topological polar surface area (TPSA) is 80.3 Å². The number of sulfonamides is 1. The van der Waals surface area contributed by atoms with Gasteiger partial charge in [0.15, 0.2) is 9.84 Å². The maximum Gasteiger partial charge on any atom is 0.250 e. The van der Waals surface area contributed by atoms with Gasteiger partial charge in [0.1, 0.15) is 4.21 Å². The SMILES string of the molecule is O=S1(=O)CCC(NS(=O)(=O)c2ccc(Cl)s2)C1. The molecule has 1 aromatic heterocycles. The van der Waals surface area contributed by atoms with Gasteiger partial charge < -0.3 is 0 Å². The van der Waals surface area contributed by atoms with Crippen molar-refractivity contribution >= 4 is 42.8 Å². The molecule has 2 heterocycles.